The van der Waals surface area contributed by atoms with Crippen molar-refractivity contribution in [3.05, 3.63) is 62.2 Å². The van der Waals surface area contributed by atoms with Crippen LogP contribution in [0, 0.1) is 20.2 Å². The van der Waals surface area contributed by atoms with E-state index < -0.39 is 27.1 Å². The van der Waals surface area contributed by atoms with E-state index in [0.717, 1.165) is 18.2 Å². The van der Waals surface area contributed by atoms with Crippen molar-refractivity contribution in [2.45, 2.75) is 0 Å². The van der Waals surface area contributed by atoms with Crippen molar-refractivity contribution in [3.8, 4) is 23.0 Å². The summed E-state index contributed by atoms with van der Waals surface area (Å²) in [6.45, 7) is 0.843. The molecule has 0 spiro atoms. The second-order valence-electron chi connectivity index (χ2n) is 5.98. The van der Waals surface area contributed by atoms with Crippen molar-refractivity contribution >= 4 is 23.3 Å². The van der Waals surface area contributed by atoms with Gasteiger partial charge in [0, 0.05) is 17.7 Å². The van der Waals surface area contributed by atoms with Gasteiger partial charge in [0.05, 0.1) is 21.5 Å². The van der Waals surface area contributed by atoms with Gasteiger partial charge in [-0.25, -0.2) is 0 Å². The number of benzene rings is 2. The third kappa shape index (κ3) is 3.71. The fourth-order valence-corrected chi connectivity index (χ4v) is 2.67. The summed E-state index contributed by atoms with van der Waals surface area (Å²) in [5.74, 6) is 0.267. The summed E-state index contributed by atoms with van der Waals surface area (Å²) in [6, 6.07) is 7.24. The molecule has 2 heterocycles. The van der Waals surface area contributed by atoms with Crippen molar-refractivity contribution < 1.29 is 28.5 Å². The third-order valence-corrected chi connectivity index (χ3v) is 4.02. The second kappa shape index (κ2) is 7.46. The van der Waals surface area contributed by atoms with Crippen molar-refractivity contribution in [2.24, 2.45) is 0 Å². The van der Waals surface area contributed by atoms with Crippen LogP contribution in [0.1, 0.15) is 10.4 Å². The quantitative estimate of drug-likeness (QED) is 0.483. The Kier molecular flexibility index (Phi) is 4.67. The number of fused-ring (bicyclic) bond motifs is 1. The molecule has 0 radical (unpaired) electrons. The number of rotatable bonds is 5. The minimum atomic E-state index is -0.890. The van der Waals surface area contributed by atoms with Gasteiger partial charge in [0.1, 0.15) is 13.2 Å². The van der Waals surface area contributed by atoms with Gasteiger partial charge in [-0.1, -0.05) is 5.10 Å². The van der Waals surface area contributed by atoms with E-state index in [0.29, 0.717) is 30.3 Å². The van der Waals surface area contributed by atoms with Crippen LogP contribution in [0.15, 0.2) is 40.8 Å². The molecule has 0 aliphatic carbocycles. The van der Waals surface area contributed by atoms with E-state index in [2.05, 4.69) is 15.5 Å². The maximum absolute atomic E-state index is 12.4. The molecule has 1 aliphatic heterocycles. The molecular weight excluding hydrogens is 402 g/mol. The van der Waals surface area contributed by atoms with Crippen LogP contribution in [0.3, 0.4) is 0 Å². The number of aromatic nitrogens is 2. The standard InChI is InChI=1S/C17H11N5O8/c23-15(10-5-11(21(24)25)8-12(6-10)22(26)27)18-17-20-19-16(30-17)9-1-2-13-14(7-9)29-4-3-28-13/h1-2,5-8H,3-4H2,(H,18,20,23). The molecule has 0 unspecified atom stereocenters. The van der Waals surface area contributed by atoms with Gasteiger partial charge in [0.25, 0.3) is 17.3 Å². The molecule has 1 aromatic heterocycles. The Morgan fingerprint density at radius 1 is 0.933 bits per heavy atom. The van der Waals surface area contributed by atoms with E-state index >= 15 is 0 Å². The van der Waals surface area contributed by atoms with Crippen LogP contribution in [0.4, 0.5) is 17.4 Å². The largest absolute Gasteiger partial charge is 0.486 e. The Balaban J connectivity index is 1.56. The van der Waals surface area contributed by atoms with E-state index in [1.54, 1.807) is 18.2 Å². The Labute approximate surface area is 166 Å². The van der Waals surface area contributed by atoms with E-state index in [-0.39, 0.29) is 17.5 Å². The minimum absolute atomic E-state index is 0.0762. The fourth-order valence-electron chi connectivity index (χ4n) is 2.67. The van der Waals surface area contributed by atoms with Gasteiger partial charge in [0.2, 0.25) is 5.89 Å². The molecule has 2 aromatic carbocycles. The smallest absolute Gasteiger partial charge is 0.322 e. The zero-order chi connectivity index (χ0) is 21.3. The Morgan fingerprint density at radius 2 is 1.60 bits per heavy atom. The van der Waals surface area contributed by atoms with E-state index in [1.807, 2.05) is 0 Å². The van der Waals surface area contributed by atoms with E-state index in [4.69, 9.17) is 13.9 Å². The molecular formula is C17H11N5O8. The van der Waals surface area contributed by atoms with Gasteiger partial charge in [-0.05, 0) is 18.2 Å². The second-order valence-corrected chi connectivity index (χ2v) is 5.98. The summed E-state index contributed by atoms with van der Waals surface area (Å²) in [6.07, 6.45) is 0. The predicted molar refractivity (Wildman–Crippen MR) is 98.4 cm³/mol. The third-order valence-electron chi connectivity index (χ3n) is 4.02. The lowest BCUT2D eigenvalue weighted by molar-refractivity contribution is -0.394. The number of carbonyl (C=O) groups is 1. The van der Waals surface area contributed by atoms with Crippen LogP contribution in [0.5, 0.6) is 11.5 Å². The number of nitrogens with one attached hydrogen (secondary N) is 1. The molecule has 30 heavy (non-hydrogen) atoms. The first-order valence-electron chi connectivity index (χ1n) is 8.39. The average Bonchev–Trinajstić information content (AvgIpc) is 3.21. The molecule has 1 N–H and O–H groups in total. The predicted octanol–water partition coefficient (Wildman–Crippen LogP) is 2.58. The molecule has 4 rings (SSSR count). The highest BCUT2D eigenvalue weighted by Gasteiger charge is 2.22. The summed E-state index contributed by atoms with van der Waals surface area (Å²) in [5.41, 5.74) is -0.998. The topological polar surface area (TPSA) is 173 Å². The SMILES string of the molecule is O=C(Nc1nnc(-c2ccc3c(c2)OCCO3)o1)c1cc([N+](=O)[O-])cc([N+](=O)[O-])c1. The number of hydrogen-bond acceptors (Lipinski definition) is 10. The molecule has 13 nitrogen and oxygen atoms in total. The van der Waals surface area contributed by atoms with E-state index in [9.17, 15) is 25.0 Å². The van der Waals surface area contributed by atoms with Gasteiger partial charge >= 0.3 is 6.01 Å². The van der Waals surface area contributed by atoms with Crippen LogP contribution in [0.25, 0.3) is 11.5 Å². The Hall–Kier alpha value is -4.55. The van der Waals surface area contributed by atoms with Gasteiger partial charge in [0.15, 0.2) is 11.5 Å². The highest BCUT2D eigenvalue weighted by molar-refractivity contribution is 6.04. The highest BCUT2D eigenvalue weighted by Crippen LogP contribution is 2.34. The van der Waals surface area contributed by atoms with Gasteiger partial charge in [-0.2, -0.15) is 0 Å². The Morgan fingerprint density at radius 3 is 2.27 bits per heavy atom. The van der Waals surface area contributed by atoms with Crippen molar-refractivity contribution in [1.29, 1.82) is 0 Å². The number of hydrogen-bond donors (Lipinski definition) is 1. The molecule has 0 saturated carbocycles. The molecule has 0 atom stereocenters. The summed E-state index contributed by atoms with van der Waals surface area (Å²) in [4.78, 5) is 32.6. The monoisotopic (exact) mass is 413 g/mol. The fraction of sp³-hybridized carbons (Fsp3) is 0.118. The summed E-state index contributed by atoms with van der Waals surface area (Å²) in [7, 11) is 0. The van der Waals surface area contributed by atoms with Gasteiger partial charge < -0.3 is 13.9 Å². The van der Waals surface area contributed by atoms with Crippen LogP contribution in [-0.4, -0.2) is 39.2 Å². The molecule has 0 bridgehead atoms. The van der Waals surface area contributed by atoms with Crippen LogP contribution >= 0.6 is 0 Å². The van der Waals surface area contributed by atoms with Crippen LogP contribution in [0.2, 0.25) is 0 Å². The highest BCUT2D eigenvalue weighted by atomic mass is 16.6. The van der Waals surface area contributed by atoms with E-state index in [1.165, 1.54) is 0 Å². The number of nitrogens with zero attached hydrogens (tertiary/aromatic N) is 4. The number of non-ortho nitro benzene ring substituents is 2. The normalized spacial score (nSPS) is 12.3. The Bertz CT molecular complexity index is 1140. The first-order valence-corrected chi connectivity index (χ1v) is 8.39. The average molecular weight is 413 g/mol. The number of nitro groups is 2. The van der Waals surface area contributed by atoms with Crippen molar-refractivity contribution in [3.63, 3.8) is 0 Å². The van der Waals surface area contributed by atoms with Crippen LogP contribution in [-0.2, 0) is 0 Å². The van der Waals surface area contributed by atoms with Crippen LogP contribution < -0.4 is 14.8 Å². The van der Waals surface area contributed by atoms with Crippen molar-refractivity contribution in [2.75, 3.05) is 18.5 Å². The minimum Gasteiger partial charge on any atom is -0.486 e. The number of anilines is 1. The molecule has 152 valence electrons. The summed E-state index contributed by atoms with van der Waals surface area (Å²) < 4.78 is 16.3. The first kappa shape index (κ1) is 18.8. The molecule has 0 fully saturated rings. The maximum atomic E-state index is 12.4. The lowest BCUT2D eigenvalue weighted by Gasteiger charge is -2.18. The summed E-state index contributed by atoms with van der Waals surface area (Å²) >= 11 is 0. The molecule has 0 saturated heterocycles. The van der Waals surface area contributed by atoms with Gasteiger partial charge in [-0.3, -0.25) is 30.3 Å². The first-order chi connectivity index (χ1) is 14.4. The molecule has 1 amide bonds. The zero-order valence-electron chi connectivity index (χ0n) is 14.9. The van der Waals surface area contributed by atoms with Crippen molar-refractivity contribution in [1.82, 2.24) is 10.2 Å². The van der Waals surface area contributed by atoms with Gasteiger partial charge in [-0.15, -0.1) is 5.10 Å². The number of nitro benzene ring substituents is 2. The zero-order valence-corrected chi connectivity index (χ0v) is 14.9. The number of amides is 1. The molecule has 13 heteroatoms. The maximum Gasteiger partial charge on any atom is 0.322 e. The lowest BCUT2D eigenvalue weighted by atomic mass is 10.1. The lowest BCUT2D eigenvalue weighted by Crippen LogP contribution is -2.15. The molecule has 3 aromatic rings. The molecule has 1 aliphatic rings. The number of ether oxygens (including phenoxy) is 2. The summed E-state index contributed by atoms with van der Waals surface area (Å²) in [5, 5.41) is 31.7. The number of carbonyl (C=O) groups excluding carboxylic acids is 1.